The highest BCUT2D eigenvalue weighted by Crippen LogP contribution is 2.23. The second kappa shape index (κ2) is 6.36. The van der Waals surface area contributed by atoms with E-state index < -0.39 is 0 Å². The fourth-order valence-corrected chi connectivity index (χ4v) is 3.14. The Balaban J connectivity index is 1.71. The van der Waals surface area contributed by atoms with Crippen LogP contribution in [-0.2, 0) is 26.3 Å². The number of aryl methyl sites for hydroxylation is 1. The predicted molar refractivity (Wildman–Crippen MR) is 85.2 cm³/mol. The SMILES string of the molecule is Cn1cccc1Cc1nnc(SCc2ccccc2F)n1C. The molecular formula is C16H17FN4S. The van der Waals surface area contributed by atoms with Crippen molar-refractivity contribution in [3.63, 3.8) is 0 Å². The number of halogens is 1. The first-order valence-electron chi connectivity index (χ1n) is 7.00. The third kappa shape index (κ3) is 3.06. The molecule has 0 saturated carbocycles. The molecule has 0 aliphatic heterocycles. The summed E-state index contributed by atoms with van der Waals surface area (Å²) in [5.74, 6) is 1.27. The molecule has 0 N–H and O–H groups in total. The molecule has 3 rings (SSSR count). The lowest BCUT2D eigenvalue weighted by molar-refractivity contribution is 0.617. The standard InChI is InChI=1S/C16H17FN4S/c1-20-9-5-7-13(20)10-15-18-19-16(21(15)2)22-11-12-6-3-4-8-14(12)17/h3-9H,10-11H2,1-2H3. The molecule has 4 nitrogen and oxygen atoms in total. The minimum Gasteiger partial charge on any atom is -0.354 e. The first kappa shape index (κ1) is 14.8. The Morgan fingerprint density at radius 2 is 1.91 bits per heavy atom. The molecule has 0 amide bonds. The Labute approximate surface area is 133 Å². The third-order valence-electron chi connectivity index (χ3n) is 3.63. The fourth-order valence-electron chi connectivity index (χ4n) is 2.22. The molecule has 0 radical (unpaired) electrons. The quantitative estimate of drug-likeness (QED) is 0.678. The van der Waals surface area contributed by atoms with Gasteiger partial charge in [0.1, 0.15) is 11.6 Å². The summed E-state index contributed by atoms with van der Waals surface area (Å²) in [6, 6.07) is 10.9. The van der Waals surface area contributed by atoms with Gasteiger partial charge in [-0.3, -0.25) is 0 Å². The molecule has 0 saturated heterocycles. The number of benzene rings is 1. The molecule has 0 aliphatic carbocycles. The zero-order chi connectivity index (χ0) is 15.5. The molecule has 22 heavy (non-hydrogen) atoms. The van der Waals surface area contributed by atoms with E-state index in [4.69, 9.17) is 0 Å². The fraction of sp³-hybridized carbons (Fsp3) is 0.250. The summed E-state index contributed by atoms with van der Waals surface area (Å²) >= 11 is 1.49. The van der Waals surface area contributed by atoms with Gasteiger partial charge in [-0.05, 0) is 23.8 Å². The number of thioether (sulfide) groups is 1. The molecule has 0 bridgehead atoms. The van der Waals surface area contributed by atoms with Gasteiger partial charge >= 0.3 is 0 Å². The van der Waals surface area contributed by atoms with E-state index in [1.54, 1.807) is 12.1 Å². The Morgan fingerprint density at radius 3 is 2.64 bits per heavy atom. The number of hydrogen-bond acceptors (Lipinski definition) is 3. The van der Waals surface area contributed by atoms with Crippen molar-refractivity contribution < 1.29 is 4.39 Å². The normalized spacial score (nSPS) is 11.0. The van der Waals surface area contributed by atoms with E-state index in [-0.39, 0.29) is 5.82 Å². The molecule has 1 aromatic carbocycles. The first-order chi connectivity index (χ1) is 10.6. The second-order valence-electron chi connectivity index (χ2n) is 5.13. The van der Waals surface area contributed by atoms with Crippen LogP contribution < -0.4 is 0 Å². The van der Waals surface area contributed by atoms with Gasteiger partial charge in [0, 0.05) is 38.2 Å². The summed E-state index contributed by atoms with van der Waals surface area (Å²) in [5.41, 5.74) is 1.86. The lowest BCUT2D eigenvalue weighted by Crippen LogP contribution is -2.03. The van der Waals surface area contributed by atoms with Crippen molar-refractivity contribution in [2.75, 3.05) is 0 Å². The van der Waals surface area contributed by atoms with Gasteiger partial charge in [-0.15, -0.1) is 10.2 Å². The Hall–Kier alpha value is -2.08. The highest BCUT2D eigenvalue weighted by Gasteiger charge is 2.12. The number of rotatable bonds is 5. The van der Waals surface area contributed by atoms with E-state index in [0.717, 1.165) is 17.4 Å². The van der Waals surface area contributed by atoms with Crippen molar-refractivity contribution in [3.05, 3.63) is 65.5 Å². The largest absolute Gasteiger partial charge is 0.354 e. The van der Waals surface area contributed by atoms with Gasteiger partial charge < -0.3 is 9.13 Å². The summed E-state index contributed by atoms with van der Waals surface area (Å²) in [6.07, 6.45) is 2.74. The maximum atomic E-state index is 13.6. The van der Waals surface area contributed by atoms with Crippen molar-refractivity contribution in [1.29, 1.82) is 0 Å². The van der Waals surface area contributed by atoms with E-state index in [9.17, 15) is 4.39 Å². The van der Waals surface area contributed by atoms with Crippen LogP contribution in [0.3, 0.4) is 0 Å². The van der Waals surface area contributed by atoms with Crippen LogP contribution >= 0.6 is 11.8 Å². The molecular weight excluding hydrogens is 299 g/mol. The third-order valence-corrected chi connectivity index (χ3v) is 4.70. The van der Waals surface area contributed by atoms with Crippen LogP contribution in [0.2, 0.25) is 0 Å². The highest BCUT2D eigenvalue weighted by molar-refractivity contribution is 7.98. The molecule has 0 fully saturated rings. The van der Waals surface area contributed by atoms with Crippen molar-refractivity contribution in [3.8, 4) is 0 Å². The summed E-state index contributed by atoms with van der Waals surface area (Å²) in [7, 11) is 3.96. The average molecular weight is 316 g/mol. The Kier molecular flexibility index (Phi) is 4.29. The molecule has 2 aromatic heterocycles. The number of hydrogen-bond donors (Lipinski definition) is 0. The van der Waals surface area contributed by atoms with Crippen LogP contribution in [0.4, 0.5) is 4.39 Å². The number of nitrogens with zero attached hydrogens (tertiary/aromatic N) is 4. The zero-order valence-electron chi connectivity index (χ0n) is 12.5. The lowest BCUT2D eigenvalue weighted by atomic mass is 10.2. The highest BCUT2D eigenvalue weighted by atomic mass is 32.2. The van der Waals surface area contributed by atoms with Crippen LogP contribution in [0.25, 0.3) is 0 Å². The second-order valence-corrected chi connectivity index (χ2v) is 6.07. The molecule has 2 heterocycles. The van der Waals surface area contributed by atoms with Gasteiger partial charge in [-0.25, -0.2) is 4.39 Å². The topological polar surface area (TPSA) is 35.6 Å². The van der Waals surface area contributed by atoms with Crippen molar-refractivity contribution >= 4 is 11.8 Å². The van der Waals surface area contributed by atoms with Crippen LogP contribution in [0.15, 0.2) is 47.8 Å². The predicted octanol–water partition coefficient (Wildman–Crippen LogP) is 3.18. The molecule has 0 aliphatic rings. The molecule has 0 unspecified atom stereocenters. The van der Waals surface area contributed by atoms with Crippen molar-refractivity contribution in [1.82, 2.24) is 19.3 Å². The lowest BCUT2D eigenvalue weighted by Gasteiger charge is -2.05. The van der Waals surface area contributed by atoms with E-state index in [0.29, 0.717) is 11.3 Å². The summed E-state index contributed by atoms with van der Waals surface area (Å²) < 4.78 is 17.7. The molecule has 114 valence electrons. The first-order valence-corrected chi connectivity index (χ1v) is 7.98. The summed E-state index contributed by atoms with van der Waals surface area (Å²) in [4.78, 5) is 0. The van der Waals surface area contributed by atoms with Gasteiger partial charge in [-0.2, -0.15) is 0 Å². The van der Waals surface area contributed by atoms with Crippen LogP contribution in [0, 0.1) is 5.82 Å². The maximum absolute atomic E-state index is 13.6. The van der Waals surface area contributed by atoms with E-state index in [1.807, 2.05) is 37.0 Å². The van der Waals surface area contributed by atoms with Gasteiger partial charge in [0.05, 0.1) is 0 Å². The van der Waals surface area contributed by atoms with Crippen LogP contribution in [0.1, 0.15) is 17.1 Å². The molecule has 6 heteroatoms. The van der Waals surface area contributed by atoms with Gasteiger partial charge in [-0.1, -0.05) is 30.0 Å². The van der Waals surface area contributed by atoms with Crippen LogP contribution in [-0.4, -0.2) is 19.3 Å². The van der Waals surface area contributed by atoms with Gasteiger partial charge in [0.2, 0.25) is 0 Å². The molecule has 3 aromatic rings. The zero-order valence-corrected chi connectivity index (χ0v) is 13.3. The minimum atomic E-state index is -0.179. The Morgan fingerprint density at radius 1 is 1.09 bits per heavy atom. The van der Waals surface area contributed by atoms with Crippen molar-refractivity contribution in [2.24, 2.45) is 14.1 Å². The molecule has 0 atom stereocenters. The smallest absolute Gasteiger partial charge is 0.191 e. The number of aromatic nitrogens is 4. The van der Waals surface area contributed by atoms with Crippen molar-refractivity contribution in [2.45, 2.75) is 17.3 Å². The summed E-state index contributed by atoms with van der Waals surface area (Å²) in [5, 5.41) is 9.26. The minimum absolute atomic E-state index is 0.179. The average Bonchev–Trinajstić information content (AvgIpc) is 3.07. The van der Waals surface area contributed by atoms with Gasteiger partial charge in [0.25, 0.3) is 0 Å². The summed E-state index contributed by atoms with van der Waals surface area (Å²) in [6.45, 7) is 0. The van der Waals surface area contributed by atoms with E-state index >= 15 is 0 Å². The van der Waals surface area contributed by atoms with Gasteiger partial charge in [0.15, 0.2) is 5.16 Å². The maximum Gasteiger partial charge on any atom is 0.191 e. The van der Waals surface area contributed by atoms with E-state index in [1.165, 1.54) is 23.5 Å². The van der Waals surface area contributed by atoms with Crippen LogP contribution in [0.5, 0.6) is 0 Å². The molecule has 0 spiro atoms. The Bertz CT molecular complexity index is 778. The van der Waals surface area contributed by atoms with E-state index in [2.05, 4.69) is 20.8 Å². The monoisotopic (exact) mass is 316 g/mol.